The lowest BCUT2D eigenvalue weighted by Gasteiger charge is -2.40. The Labute approximate surface area is 122 Å². The van der Waals surface area contributed by atoms with Crippen LogP contribution in [0.5, 0.6) is 5.75 Å². The lowest BCUT2D eigenvalue weighted by atomic mass is 9.95. The monoisotopic (exact) mass is 277 g/mol. The maximum atomic E-state index is 5.94. The molecule has 2 N–H and O–H groups in total. The van der Waals surface area contributed by atoms with Crippen LogP contribution in [0.3, 0.4) is 0 Å². The Bertz CT molecular complexity index is 461. The summed E-state index contributed by atoms with van der Waals surface area (Å²) >= 11 is 0. The minimum absolute atomic E-state index is 0.479. The zero-order valence-corrected chi connectivity index (χ0v) is 13.1. The maximum absolute atomic E-state index is 5.94. The first kappa shape index (κ1) is 15.3. The summed E-state index contributed by atoms with van der Waals surface area (Å²) in [6.07, 6.45) is 5.64. The van der Waals surface area contributed by atoms with Crippen LogP contribution >= 0.6 is 0 Å². The number of pyridine rings is 1. The normalized spacial score (nSPS) is 23.9. The smallest absolute Gasteiger partial charge is 0.128 e. The van der Waals surface area contributed by atoms with Gasteiger partial charge >= 0.3 is 0 Å². The number of nitrogens with zero attached hydrogens (tertiary/aromatic N) is 2. The van der Waals surface area contributed by atoms with Crippen molar-refractivity contribution in [1.29, 1.82) is 0 Å². The summed E-state index contributed by atoms with van der Waals surface area (Å²) in [6.45, 7) is 8.02. The number of rotatable bonds is 4. The van der Waals surface area contributed by atoms with Gasteiger partial charge in [-0.1, -0.05) is 6.42 Å². The van der Waals surface area contributed by atoms with Crippen molar-refractivity contribution < 1.29 is 4.74 Å². The SMILES string of the molecule is COc1c(C)cnc(CN2C(C)CCCC2CN)c1C. The third-order valence-corrected chi connectivity index (χ3v) is 4.55. The molecule has 4 heteroatoms. The van der Waals surface area contributed by atoms with Crippen LogP contribution in [0.15, 0.2) is 6.20 Å². The van der Waals surface area contributed by atoms with Crippen molar-refractivity contribution in [3.05, 3.63) is 23.0 Å². The first-order valence-electron chi connectivity index (χ1n) is 7.53. The van der Waals surface area contributed by atoms with E-state index in [9.17, 15) is 0 Å². The number of piperidine rings is 1. The third kappa shape index (κ3) is 2.96. The number of aryl methyl sites for hydroxylation is 1. The second kappa shape index (κ2) is 6.55. The fraction of sp³-hybridized carbons (Fsp3) is 0.688. The van der Waals surface area contributed by atoms with Gasteiger partial charge in [0.05, 0.1) is 12.8 Å². The van der Waals surface area contributed by atoms with E-state index >= 15 is 0 Å². The van der Waals surface area contributed by atoms with Gasteiger partial charge in [-0.05, 0) is 33.6 Å². The highest BCUT2D eigenvalue weighted by molar-refractivity contribution is 5.41. The number of hydrogen-bond acceptors (Lipinski definition) is 4. The van der Waals surface area contributed by atoms with Gasteiger partial charge in [-0.15, -0.1) is 0 Å². The van der Waals surface area contributed by atoms with E-state index < -0.39 is 0 Å². The molecule has 0 bridgehead atoms. The van der Waals surface area contributed by atoms with E-state index in [1.165, 1.54) is 19.3 Å². The molecule has 112 valence electrons. The molecule has 1 fully saturated rings. The summed E-state index contributed by atoms with van der Waals surface area (Å²) in [5, 5.41) is 0. The highest BCUT2D eigenvalue weighted by atomic mass is 16.5. The van der Waals surface area contributed by atoms with Gasteiger partial charge in [-0.25, -0.2) is 0 Å². The first-order valence-corrected chi connectivity index (χ1v) is 7.53. The van der Waals surface area contributed by atoms with Crippen LogP contribution in [0.25, 0.3) is 0 Å². The van der Waals surface area contributed by atoms with Gasteiger partial charge < -0.3 is 10.5 Å². The molecule has 1 aliphatic rings. The fourth-order valence-electron chi connectivity index (χ4n) is 3.28. The molecule has 0 aliphatic carbocycles. The van der Waals surface area contributed by atoms with Gasteiger partial charge in [0.1, 0.15) is 5.75 Å². The van der Waals surface area contributed by atoms with Crippen LogP contribution in [0.1, 0.15) is 43.0 Å². The molecule has 0 aromatic carbocycles. The minimum Gasteiger partial charge on any atom is -0.496 e. The van der Waals surface area contributed by atoms with Crippen molar-refractivity contribution in [2.75, 3.05) is 13.7 Å². The van der Waals surface area contributed by atoms with Crippen molar-refractivity contribution in [3.63, 3.8) is 0 Å². The molecule has 1 aromatic rings. The van der Waals surface area contributed by atoms with E-state index in [1.54, 1.807) is 7.11 Å². The Balaban J connectivity index is 2.24. The molecule has 2 heterocycles. The van der Waals surface area contributed by atoms with E-state index in [1.807, 2.05) is 13.1 Å². The van der Waals surface area contributed by atoms with Crippen molar-refractivity contribution in [3.8, 4) is 5.75 Å². The Morgan fingerprint density at radius 1 is 1.40 bits per heavy atom. The quantitative estimate of drug-likeness (QED) is 0.918. The molecule has 2 atom stereocenters. The molecule has 0 spiro atoms. The summed E-state index contributed by atoms with van der Waals surface area (Å²) in [7, 11) is 1.73. The van der Waals surface area contributed by atoms with Crippen LogP contribution in [-0.2, 0) is 6.54 Å². The second-order valence-electron chi connectivity index (χ2n) is 5.89. The number of methoxy groups -OCH3 is 1. The molecule has 1 aromatic heterocycles. The number of hydrogen-bond donors (Lipinski definition) is 1. The standard InChI is InChI=1S/C16H27N3O/c1-11-9-18-15(13(3)16(11)20-4)10-19-12(2)6-5-7-14(19)8-17/h9,12,14H,5-8,10,17H2,1-4H3. The lowest BCUT2D eigenvalue weighted by Crippen LogP contribution is -2.48. The van der Waals surface area contributed by atoms with Crippen LogP contribution < -0.4 is 10.5 Å². The Hall–Kier alpha value is -1.13. The van der Waals surface area contributed by atoms with Crippen molar-refractivity contribution in [2.24, 2.45) is 5.73 Å². The molecule has 0 radical (unpaired) electrons. The van der Waals surface area contributed by atoms with E-state index in [4.69, 9.17) is 10.5 Å². The summed E-state index contributed by atoms with van der Waals surface area (Å²) < 4.78 is 5.50. The second-order valence-corrected chi connectivity index (χ2v) is 5.89. The maximum Gasteiger partial charge on any atom is 0.128 e. The molecule has 0 saturated carbocycles. The average Bonchev–Trinajstić information content (AvgIpc) is 2.44. The van der Waals surface area contributed by atoms with Crippen molar-refractivity contribution >= 4 is 0 Å². The highest BCUT2D eigenvalue weighted by Gasteiger charge is 2.27. The molecule has 1 saturated heterocycles. The van der Waals surface area contributed by atoms with Gasteiger partial charge in [0.15, 0.2) is 0 Å². The topological polar surface area (TPSA) is 51.4 Å². The summed E-state index contributed by atoms with van der Waals surface area (Å²) in [5.41, 5.74) is 9.30. The molecule has 0 amide bonds. The zero-order chi connectivity index (χ0) is 14.7. The van der Waals surface area contributed by atoms with E-state index in [-0.39, 0.29) is 0 Å². The van der Waals surface area contributed by atoms with E-state index in [0.29, 0.717) is 12.1 Å². The number of aromatic nitrogens is 1. The Morgan fingerprint density at radius 2 is 2.15 bits per heavy atom. The van der Waals surface area contributed by atoms with Crippen LogP contribution in [0.4, 0.5) is 0 Å². The summed E-state index contributed by atoms with van der Waals surface area (Å²) in [6, 6.07) is 1.05. The largest absolute Gasteiger partial charge is 0.496 e. The molecular weight excluding hydrogens is 250 g/mol. The number of nitrogens with two attached hydrogens (primary N) is 1. The zero-order valence-electron chi connectivity index (χ0n) is 13.1. The van der Waals surface area contributed by atoms with Gasteiger partial charge in [0.25, 0.3) is 0 Å². The van der Waals surface area contributed by atoms with Crippen LogP contribution in [0.2, 0.25) is 0 Å². The van der Waals surface area contributed by atoms with Crippen molar-refractivity contribution in [2.45, 2.75) is 58.7 Å². The average molecular weight is 277 g/mol. The van der Waals surface area contributed by atoms with Crippen LogP contribution in [-0.4, -0.2) is 35.6 Å². The van der Waals surface area contributed by atoms with Crippen LogP contribution in [0, 0.1) is 13.8 Å². The Morgan fingerprint density at radius 3 is 2.80 bits per heavy atom. The van der Waals surface area contributed by atoms with Crippen molar-refractivity contribution in [1.82, 2.24) is 9.88 Å². The molecule has 2 rings (SSSR count). The molecular formula is C16H27N3O. The minimum atomic E-state index is 0.479. The molecule has 20 heavy (non-hydrogen) atoms. The lowest BCUT2D eigenvalue weighted by molar-refractivity contribution is 0.0875. The highest BCUT2D eigenvalue weighted by Crippen LogP contribution is 2.28. The third-order valence-electron chi connectivity index (χ3n) is 4.55. The molecule has 1 aliphatic heterocycles. The van der Waals surface area contributed by atoms with Gasteiger partial charge in [0.2, 0.25) is 0 Å². The predicted octanol–water partition coefficient (Wildman–Crippen LogP) is 2.41. The number of likely N-dealkylation sites (tertiary alicyclic amines) is 1. The summed E-state index contributed by atoms with van der Waals surface area (Å²) in [5.74, 6) is 0.962. The summed E-state index contributed by atoms with van der Waals surface area (Å²) in [4.78, 5) is 7.13. The van der Waals surface area contributed by atoms with Gasteiger partial charge in [-0.2, -0.15) is 0 Å². The van der Waals surface area contributed by atoms with Gasteiger partial charge in [-0.3, -0.25) is 9.88 Å². The number of ether oxygens (including phenoxy) is 1. The Kier molecular flexibility index (Phi) is 5.00. The van der Waals surface area contributed by atoms with E-state index in [0.717, 1.165) is 35.7 Å². The molecule has 2 unspecified atom stereocenters. The predicted molar refractivity (Wildman–Crippen MR) is 82.0 cm³/mol. The molecule has 4 nitrogen and oxygen atoms in total. The first-order chi connectivity index (χ1) is 9.58. The van der Waals surface area contributed by atoms with Gasteiger partial charge in [0, 0.05) is 42.5 Å². The fourth-order valence-corrected chi connectivity index (χ4v) is 3.28. The van der Waals surface area contributed by atoms with E-state index in [2.05, 4.69) is 23.7 Å².